The van der Waals surface area contributed by atoms with Crippen LogP contribution in [0.15, 0.2) is 24.5 Å². The molecule has 0 bridgehead atoms. The highest BCUT2D eigenvalue weighted by atomic mass is 16.6. The molecule has 0 rings (SSSR count). The first-order valence-electron chi connectivity index (χ1n) is 9.60. The van der Waals surface area contributed by atoms with E-state index in [0.29, 0.717) is 0 Å². The van der Waals surface area contributed by atoms with Gasteiger partial charge in [0.2, 0.25) is 0 Å². The highest BCUT2D eigenvalue weighted by Gasteiger charge is 2.40. The van der Waals surface area contributed by atoms with Crippen molar-refractivity contribution in [3.05, 3.63) is 24.5 Å². The van der Waals surface area contributed by atoms with Gasteiger partial charge in [-0.2, -0.15) is 0 Å². The molecule has 0 fully saturated rings. The lowest BCUT2D eigenvalue weighted by Crippen LogP contribution is -2.40. The second kappa shape index (κ2) is 10.6. The monoisotopic (exact) mass is 382 g/mol. The van der Waals surface area contributed by atoms with Crippen molar-refractivity contribution in [1.29, 1.82) is 0 Å². The van der Waals surface area contributed by atoms with Gasteiger partial charge in [0, 0.05) is 5.92 Å². The van der Waals surface area contributed by atoms with Crippen molar-refractivity contribution in [2.24, 2.45) is 17.3 Å². The molecule has 3 atom stereocenters. The van der Waals surface area contributed by atoms with E-state index >= 15 is 0 Å². The second-order valence-corrected chi connectivity index (χ2v) is 8.71. The van der Waals surface area contributed by atoms with Gasteiger partial charge in [0.15, 0.2) is 5.78 Å². The normalized spacial score (nSPS) is 16.3. The summed E-state index contributed by atoms with van der Waals surface area (Å²) < 4.78 is 10.6. The van der Waals surface area contributed by atoms with E-state index in [-0.39, 0.29) is 17.5 Å². The third kappa shape index (κ3) is 8.29. The summed E-state index contributed by atoms with van der Waals surface area (Å²) in [5.74, 6) is -1.12. The molecule has 0 aliphatic heterocycles. The van der Waals surface area contributed by atoms with Crippen LogP contribution in [0.5, 0.6) is 0 Å². The topological polar surface area (TPSA) is 72.8 Å². The van der Waals surface area contributed by atoms with E-state index in [1.165, 1.54) is 13.2 Å². The van der Waals surface area contributed by atoms with Gasteiger partial charge in [-0.15, -0.1) is 6.58 Å². The van der Waals surface area contributed by atoms with Crippen molar-refractivity contribution in [2.75, 3.05) is 7.11 Å². The van der Waals surface area contributed by atoms with Crippen LogP contribution in [-0.4, -0.2) is 35.7 Å². The number of aliphatic hydroxyl groups is 1. The standard InChI is InChI=1S/C22H38O5/c1-10-11-12-13-15(2)19(24)16(3)20(25)22(7,8)17(26-9)14-18(23)27-21(4,5)6/h10,14-16,19,24H,1,11-13H2,2-9H3/b17-14-/t15-,16+,19-/m0/s1. The first-order valence-corrected chi connectivity index (χ1v) is 9.60. The molecule has 27 heavy (non-hydrogen) atoms. The fourth-order valence-electron chi connectivity index (χ4n) is 3.03. The molecule has 5 heteroatoms. The number of methoxy groups -OCH3 is 1. The molecular formula is C22H38O5. The van der Waals surface area contributed by atoms with Crippen LogP contribution in [0.4, 0.5) is 0 Å². The molecule has 0 amide bonds. The van der Waals surface area contributed by atoms with Crippen molar-refractivity contribution in [2.45, 2.75) is 79.4 Å². The van der Waals surface area contributed by atoms with Crippen molar-refractivity contribution in [3.63, 3.8) is 0 Å². The van der Waals surface area contributed by atoms with E-state index in [0.717, 1.165) is 19.3 Å². The van der Waals surface area contributed by atoms with Gasteiger partial charge in [-0.05, 0) is 59.8 Å². The Morgan fingerprint density at radius 3 is 2.15 bits per heavy atom. The number of aliphatic hydroxyl groups excluding tert-OH is 1. The Balaban J connectivity index is 5.30. The molecule has 0 spiro atoms. The summed E-state index contributed by atoms with van der Waals surface area (Å²) in [6.07, 6.45) is 4.93. The van der Waals surface area contributed by atoms with Crippen LogP contribution < -0.4 is 0 Å². The number of rotatable bonds is 11. The molecular weight excluding hydrogens is 344 g/mol. The Kier molecular flexibility index (Phi) is 10.0. The molecule has 5 nitrogen and oxygen atoms in total. The predicted octanol–water partition coefficient (Wildman–Crippen LogP) is 4.44. The van der Waals surface area contributed by atoms with Crippen LogP contribution in [0.2, 0.25) is 0 Å². The predicted molar refractivity (Wildman–Crippen MR) is 108 cm³/mol. The fraction of sp³-hybridized carbons (Fsp3) is 0.727. The molecule has 0 aromatic carbocycles. The van der Waals surface area contributed by atoms with E-state index in [1.54, 1.807) is 41.5 Å². The number of ketones is 1. The minimum Gasteiger partial charge on any atom is -0.500 e. The van der Waals surface area contributed by atoms with Gasteiger partial charge in [0.25, 0.3) is 0 Å². The summed E-state index contributed by atoms with van der Waals surface area (Å²) in [5.41, 5.74) is -1.70. The van der Waals surface area contributed by atoms with E-state index in [4.69, 9.17) is 9.47 Å². The van der Waals surface area contributed by atoms with Crippen LogP contribution in [0, 0.1) is 17.3 Å². The Labute approximate surface area is 164 Å². The van der Waals surface area contributed by atoms with Crippen LogP contribution in [0.1, 0.15) is 67.7 Å². The Hall–Kier alpha value is -1.62. The number of allylic oxidation sites excluding steroid dienone is 2. The van der Waals surface area contributed by atoms with Crippen molar-refractivity contribution >= 4 is 11.8 Å². The first kappa shape index (κ1) is 25.4. The third-order valence-electron chi connectivity index (χ3n) is 4.68. The third-order valence-corrected chi connectivity index (χ3v) is 4.68. The lowest BCUT2D eigenvalue weighted by molar-refractivity contribution is -0.148. The Morgan fingerprint density at radius 1 is 1.15 bits per heavy atom. The van der Waals surface area contributed by atoms with Crippen LogP contribution in [0.3, 0.4) is 0 Å². The quantitative estimate of drug-likeness (QED) is 0.188. The summed E-state index contributed by atoms with van der Waals surface area (Å²) in [7, 11) is 1.42. The molecule has 0 radical (unpaired) electrons. The van der Waals surface area contributed by atoms with Gasteiger partial charge in [-0.3, -0.25) is 4.79 Å². The van der Waals surface area contributed by atoms with E-state index in [1.807, 2.05) is 13.0 Å². The number of hydrogen-bond acceptors (Lipinski definition) is 5. The van der Waals surface area contributed by atoms with Gasteiger partial charge in [-0.25, -0.2) is 4.79 Å². The average Bonchev–Trinajstić information content (AvgIpc) is 2.55. The molecule has 0 unspecified atom stereocenters. The summed E-state index contributed by atoms with van der Waals surface area (Å²) in [6, 6.07) is 0. The van der Waals surface area contributed by atoms with Gasteiger partial charge in [0.1, 0.15) is 11.4 Å². The van der Waals surface area contributed by atoms with E-state index in [2.05, 4.69) is 6.58 Å². The molecule has 0 aromatic rings. The lowest BCUT2D eigenvalue weighted by atomic mass is 9.75. The minimum absolute atomic E-state index is 0.0134. The van der Waals surface area contributed by atoms with Gasteiger partial charge in [-0.1, -0.05) is 19.9 Å². The van der Waals surface area contributed by atoms with Gasteiger partial charge in [0.05, 0.1) is 24.7 Å². The van der Waals surface area contributed by atoms with Crippen molar-refractivity contribution in [3.8, 4) is 0 Å². The average molecular weight is 383 g/mol. The highest BCUT2D eigenvalue weighted by molar-refractivity contribution is 5.91. The molecule has 0 heterocycles. The maximum Gasteiger partial charge on any atom is 0.334 e. The molecule has 0 aliphatic rings. The van der Waals surface area contributed by atoms with Crippen LogP contribution in [-0.2, 0) is 19.1 Å². The maximum absolute atomic E-state index is 13.1. The smallest absolute Gasteiger partial charge is 0.334 e. The molecule has 0 saturated heterocycles. The zero-order valence-corrected chi connectivity index (χ0v) is 18.3. The van der Waals surface area contributed by atoms with Crippen molar-refractivity contribution < 1.29 is 24.2 Å². The van der Waals surface area contributed by atoms with E-state index < -0.39 is 29.0 Å². The number of esters is 1. The fourth-order valence-corrected chi connectivity index (χ4v) is 3.03. The Morgan fingerprint density at radius 2 is 1.70 bits per heavy atom. The number of hydrogen-bond donors (Lipinski definition) is 1. The molecule has 0 aliphatic carbocycles. The number of carbonyl (C=O) groups is 2. The zero-order valence-electron chi connectivity index (χ0n) is 18.3. The zero-order chi connectivity index (χ0) is 21.4. The number of Topliss-reactive ketones (excluding diaryl/α,β-unsaturated/α-hetero) is 1. The number of ether oxygens (including phenoxy) is 2. The molecule has 0 aromatic heterocycles. The second-order valence-electron chi connectivity index (χ2n) is 8.71. The molecule has 156 valence electrons. The molecule has 0 saturated carbocycles. The highest BCUT2D eigenvalue weighted by Crippen LogP contribution is 2.34. The first-order chi connectivity index (χ1) is 12.3. The SMILES string of the molecule is C=CCCC[C@H](C)[C@H](O)[C@@H](C)C(=O)C(C)(C)/C(=C/C(=O)OC(C)(C)C)OC. The van der Waals surface area contributed by atoms with E-state index in [9.17, 15) is 14.7 Å². The van der Waals surface area contributed by atoms with Gasteiger partial charge >= 0.3 is 5.97 Å². The largest absolute Gasteiger partial charge is 0.500 e. The lowest BCUT2D eigenvalue weighted by Gasteiger charge is -2.32. The Bertz CT molecular complexity index is 539. The molecule has 1 N–H and O–H groups in total. The summed E-state index contributed by atoms with van der Waals surface area (Å²) in [6.45, 7) is 16.1. The summed E-state index contributed by atoms with van der Waals surface area (Å²) in [4.78, 5) is 25.2. The van der Waals surface area contributed by atoms with Gasteiger partial charge < -0.3 is 14.6 Å². The van der Waals surface area contributed by atoms with Crippen molar-refractivity contribution in [1.82, 2.24) is 0 Å². The number of carbonyl (C=O) groups excluding carboxylic acids is 2. The van der Waals surface area contributed by atoms with Crippen LogP contribution >= 0.6 is 0 Å². The number of unbranched alkanes of at least 4 members (excludes halogenated alkanes) is 1. The summed E-state index contributed by atoms with van der Waals surface area (Å²) >= 11 is 0. The summed E-state index contributed by atoms with van der Waals surface area (Å²) in [5, 5.41) is 10.6. The van der Waals surface area contributed by atoms with Crippen LogP contribution in [0.25, 0.3) is 0 Å². The minimum atomic E-state index is -1.06. The maximum atomic E-state index is 13.1.